The first-order chi connectivity index (χ1) is 8.84. The second kappa shape index (κ2) is 5.26. The third-order valence-electron chi connectivity index (χ3n) is 3.13. The number of hydrogen-bond acceptors (Lipinski definition) is 3. The molecule has 1 aliphatic rings. The third-order valence-corrected chi connectivity index (χ3v) is 4.02. The molecule has 0 saturated carbocycles. The van der Waals surface area contributed by atoms with Crippen LogP contribution in [0.4, 0.5) is 0 Å². The first-order valence-electron chi connectivity index (χ1n) is 6.13. The zero-order valence-electron chi connectivity index (χ0n) is 9.97. The van der Waals surface area contributed by atoms with Gasteiger partial charge in [-0.1, -0.05) is 12.1 Å². The normalized spacial score (nSPS) is 14.3. The average Bonchev–Trinajstić information content (AvgIpc) is 2.81. The van der Waals surface area contributed by atoms with E-state index in [1.54, 1.807) is 0 Å². The van der Waals surface area contributed by atoms with Crippen LogP contribution in [0.1, 0.15) is 24.5 Å². The van der Waals surface area contributed by atoms with E-state index in [2.05, 4.69) is 37.4 Å². The standard InChI is InChI=1S/C13H14IN3O/c14-10-5-1-2-6-11(10)18-9-13-16-15-12-7-3-4-8-17(12)13/h1-2,5-6H,3-4,7-9H2. The second-order valence-electron chi connectivity index (χ2n) is 4.36. The minimum Gasteiger partial charge on any atom is -0.484 e. The zero-order valence-corrected chi connectivity index (χ0v) is 12.1. The predicted molar refractivity (Wildman–Crippen MR) is 76.5 cm³/mol. The largest absolute Gasteiger partial charge is 0.484 e. The van der Waals surface area contributed by atoms with E-state index in [4.69, 9.17) is 4.74 Å². The van der Waals surface area contributed by atoms with Crippen molar-refractivity contribution in [1.29, 1.82) is 0 Å². The van der Waals surface area contributed by atoms with Gasteiger partial charge in [-0.15, -0.1) is 10.2 Å². The maximum absolute atomic E-state index is 5.82. The number of rotatable bonds is 3. The summed E-state index contributed by atoms with van der Waals surface area (Å²) in [4.78, 5) is 0. The van der Waals surface area contributed by atoms with E-state index < -0.39 is 0 Å². The minimum atomic E-state index is 0.493. The summed E-state index contributed by atoms with van der Waals surface area (Å²) >= 11 is 2.28. The van der Waals surface area contributed by atoms with Gasteiger partial charge in [-0.2, -0.15) is 0 Å². The Morgan fingerprint density at radius 3 is 3.00 bits per heavy atom. The molecule has 0 fully saturated rings. The Hall–Kier alpha value is -1.11. The zero-order chi connectivity index (χ0) is 12.4. The SMILES string of the molecule is Ic1ccccc1OCc1nnc2n1CCCC2. The molecule has 0 spiro atoms. The van der Waals surface area contributed by atoms with E-state index in [-0.39, 0.29) is 0 Å². The van der Waals surface area contributed by atoms with Crippen LogP contribution >= 0.6 is 22.6 Å². The number of hydrogen-bond donors (Lipinski definition) is 0. The first kappa shape index (κ1) is 12.0. The molecule has 0 unspecified atom stereocenters. The summed E-state index contributed by atoms with van der Waals surface area (Å²) in [6, 6.07) is 8.01. The molecule has 0 saturated heterocycles. The highest BCUT2D eigenvalue weighted by Gasteiger charge is 2.16. The molecule has 3 rings (SSSR count). The monoisotopic (exact) mass is 355 g/mol. The highest BCUT2D eigenvalue weighted by atomic mass is 127. The molecule has 0 bridgehead atoms. The molecule has 0 N–H and O–H groups in total. The quantitative estimate of drug-likeness (QED) is 0.795. The minimum absolute atomic E-state index is 0.493. The number of benzene rings is 1. The molecule has 18 heavy (non-hydrogen) atoms. The molecule has 0 amide bonds. The molecule has 94 valence electrons. The number of aromatic nitrogens is 3. The first-order valence-corrected chi connectivity index (χ1v) is 7.21. The van der Waals surface area contributed by atoms with Crippen molar-refractivity contribution in [2.24, 2.45) is 0 Å². The molecule has 2 aromatic rings. The van der Waals surface area contributed by atoms with Crippen molar-refractivity contribution in [3.05, 3.63) is 39.5 Å². The number of halogens is 1. The van der Waals surface area contributed by atoms with Crippen LogP contribution in [0, 0.1) is 3.57 Å². The lowest BCUT2D eigenvalue weighted by Gasteiger charge is -2.15. The summed E-state index contributed by atoms with van der Waals surface area (Å²) in [5, 5.41) is 8.45. The Labute approximate surface area is 120 Å². The van der Waals surface area contributed by atoms with Crippen LogP contribution < -0.4 is 4.74 Å². The number of ether oxygens (including phenoxy) is 1. The lowest BCUT2D eigenvalue weighted by Crippen LogP contribution is -2.14. The topological polar surface area (TPSA) is 39.9 Å². The summed E-state index contributed by atoms with van der Waals surface area (Å²) in [5.74, 6) is 2.94. The fourth-order valence-corrected chi connectivity index (χ4v) is 2.72. The maximum Gasteiger partial charge on any atom is 0.171 e. The van der Waals surface area contributed by atoms with Crippen molar-refractivity contribution >= 4 is 22.6 Å². The van der Waals surface area contributed by atoms with Crippen molar-refractivity contribution in [2.75, 3.05) is 0 Å². The Kier molecular flexibility index (Phi) is 3.49. The fraction of sp³-hybridized carbons (Fsp3) is 0.385. The van der Waals surface area contributed by atoms with Gasteiger partial charge >= 0.3 is 0 Å². The van der Waals surface area contributed by atoms with Crippen LogP contribution in [0.5, 0.6) is 5.75 Å². The summed E-state index contributed by atoms with van der Waals surface area (Å²) in [6.45, 7) is 1.51. The number of para-hydroxylation sites is 1. The number of fused-ring (bicyclic) bond motifs is 1. The van der Waals surface area contributed by atoms with Gasteiger partial charge in [-0.05, 0) is 47.6 Å². The molecule has 4 nitrogen and oxygen atoms in total. The molecule has 1 aromatic heterocycles. The highest BCUT2D eigenvalue weighted by molar-refractivity contribution is 14.1. The van der Waals surface area contributed by atoms with Gasteiger partial charge in [0.05, 0.1) is 3.57 Å². The maximum atomic E-state index is 5.82. The molecule has 1 aliphatic heterocycles. The predicted octanol–water partition coefficient (Wildman–Crippen LogP) is 2.80. The summed E-state index contributed by atoms with van der Waals surface area (Å²) < 4.78 is 9.13. The molecular formula is C13H14IN3O. The fourth-order valence-electron chi connectivity index (χ4n) is 2.18. The van der Waals surface area contributed by atoms with Gasteiger partial charge < -0.3 is 9.30 Å². The van der Waals surface area contributed by atoms with E-state index in [1.165, 1.54) is 12.8 Å². The third kappa shape index (κ3) is 2.36. The van der Waals surface area contributed by atoms with Gasteiger partial charge in [0.25, 0.3) is 0 Å². The van der Waals surface area contributed by atoms with Gasteiger partial charge in [-0.25, -0.2) is 0 Å². The molecular weight excluding hydrogens is 341 g/mol. The van der Waals surface area contributed by atoms with Crippen molar-refractivity contribution in [3.8, 4) is 5.75 Å². The molecule has 0 radical (unpaired) electrons. The second-order valence-corrected chi connectivity index (χ2v) is 5.52. The lowest BCUT2D eigenvalue weighted by atomic mass is 10.2. The Morgan fingerprint density at radius 1 is 1.22 bits per heavy atom. The number of aryl methyl sites for hydroxylation is 1. The molecule has 0 atom stereocenters. The summed E-state index contributed by atoms with van der Waals surface area (Å²) in [7, 11) is 0. The van der Waals surface area contributed by atoms with Crippen LogP contribution in [0.25, 0.3) is 0 Å². The number of nitrogens with zero attached hydrogens (tertiary/aromatic N) is 3. The van der Waals surface area contributed by atoms with Crippen LogP contribution in [-0.4, -0.2) is 14.8 Å². The van der Waals surface area contributed by atoms with Crippen LogP contribution in [0.2, 0.25) is 0 Å². The van der Waals surface area contributed by atoms with Gasteiger partial charge in [0.15, 0.2) is 5.82 Å². The van der Waals surface area contributed by atoms with Gasteiger partial charge in [0, 0.05) is 13.0 Å². The Balaban J connectivity index is 1.74. The van der Waals surface area contributed by atoms with Gasteiger partial charge in [0.2, 0.25) is 0 Å². The highest BCUT2D eigenvalue weighted by Crippen LogP contribution is 2.21. The van der Waals surface area contributed by atoms with Crippen molar-refractivity contribution < 1.29 is 4.74 Å². The summed E-state index contributed by atoms with van der Waals surface area (Å²) in [5.41, 5.74) is 0. The van der Waals surface area contributed by atoms with Gasteiger partial charge in [-0.3, -0.25) is 0 Å². The summed E-state index contributed by atoms with van der Waals surface area (Å²) in [6.07, 6.45) is 3.46. The van der Waals surface area contributed by atoms with Gasteiger partial charge in [0.1, 0.15) is 18.2 Å². The molecule has 1 aromatic carbocycles. The Bertz CT molecular complexity index is 553. The van der Waals surface area contributed by atoms with Crippen molar-refractivity contribution in [2.45, 2.75) is 32.4 Å². The van der Waals surface area contributed by atoms with Crippen LogP contribution in [0.3, 0.4) is 0 Å². The van der Waals surface area contributed by atoms with E-state index in [9.17, 15) is 0 Å². The molecule has 0 aliphatic carbocycles. The van der Waals surface area contributed by atoms with Crippen molar-refractivity contribution in [3.63, 3.8) is 0 Å². The smallest absolute Gasteiger partial charge is 0.171 e. The van der Waals surface area contributed by atoms with Crippen LogP contribution in [0.15, 0.2) is 24.3 Å². The average molecular weight is 355 g/mol. The Morgan fingerprint density at radius 2 is 2.11 bits per heavy atom. The van der Waals surface area contributed by atoms with E-state index in [0.29, 0.717) is 6.61 Å². The van der Waals surface area contributed by atoms with Crippen molar-refractivity contribution in [1.82, 2.24) is 14.8 Å². The molecule has 2 heterocycles. The molecule has 5 heteroatoms. The van der Waals surface area contributed by atoms with E-state index >= 15 is 0 Å². The lowest BCUT2D eigenvalue weighted by molar-refractivity contribution is 0.284. The van der Waals surface area contributed by atoms with Crippen LogP contribution in [-0.2, 0) is 19.6 Å². The van der Waals surface area contributed by atoms with E-state index in [1.807, 2.05) is 24.3 Å². The van der Waals surface area contributed by atoms with E-state index in [0.717, 1.165) is 33.9 Å².